The van der Waals surface area contributed by atoms with E-state index in [9.17, 15) is 0 Å². The van der Waals surface area contributed by atoms with Crippen molar-refractivity contribution in [1.29, 1.82) is 0 Å². The van der Waals surface area contributed by atoms with Crippen LogP contribution in [0.1, 0.15) is 84.5 Å². The molecule has 0 fully saturated rings. The van der Waals surface area contributed by atoms with Crippen molar-refractivity contribution in [2.24, 2.45) is 0 Å². The van der Waals surface area contributed by atoms with Crippen molar-refractivity contribution in [3.05, 3.63) is 0 Å². The minimum Gasteiger partial charge on any atom is -0.317 e. The van der Waals surface area contributed by atoms with Gasteiger partial charge in [0.25, 0.3) is 0 Å². The standard InChI is InChI=1S/C15H33N.ClH/c1-3-5-6-7-8-9-10-11-12-13-14-15-16-4-2;/h16H,3-15H2,1-2H3;1H. The van der Waals surface area contributed by atoms with Gasteiger partial charge < -0.3 is 5.32 Å². The summed E-state index contributed by atoms with van der Waals surface area (Å²) >= 11 is 0. The van der Waals surface area contributed by atoms with Gasteiger partial charge in [0, 0.05) is 0 Å². The maximum atomic E-state index is 3.38. The van der Waals surface area contributed by atoms with Gasteiger partial charge in [0.1, 0.15) is 0 Å². The fourth-order valence-corrected chi connectivity index (χ4v) is 2.09. The highest BCUT2D eigenvalue weighted by atomic mass is 35.5. The van der Waals surface area contributed by atoms with E-state index in [4.69, 9.17) is 0 Å². The molecule has 0 aromatic rings. The average molecular weight is 264 g/mol. The molecule has 0 heterocycles. The van der Waals surface area contributed by atoms with Crippen LogP contribution in [0.2, 0.25) is 0 Å². The molecule has 17 heavy (non-hydrogen) atoms. The van der Waals surface area contributed by atoms with Gasteiger partial charge in [0.2, 0.25) is 0 Å². The molecule has 0 rings (SSSR count). The van der Waals surface area contributed by atoms with Crippen LogP contribution >= 0.6 is 12.4 Å². The SMILES string of the molecule is CCCCCCCCCCCCCNCC.Cl. The molecule has 0 spiro atoms. The largest absolute Gasteiger partial charge is 0.317 e. The Kier molecular flexibility index (Phi) is 21.4. The molecule has 0 bridgehead atoms. The van der Waals surface area contributed by atoms with Crippen LogP contribution in [0, 0.1) is 0 Å². The molecule has 0 amide bonds. The van der Waals surface area contributed by atoms with Crippen LogP contribution in [0.4, 0.5) is 0 Å². The Bertz CT molecular complexity index is 103. The van der Waals surface area contributed by atoms with Crippen molar-refractivity contribution < 1.29 is 0 Å². The van der Waals surface area contributed by atoms with E-state index in [-0.39, 0.29) is 12.4 Å². The zero-order valence-electron chi connectivity index (χ0n) is 12.1. The Morgan fingerprint density at radius 3 is 1.41 bits per heavy atom. The normalized spacial score (nSPS) is 10.2. The summed E-state index contributed by atoms with van der Waals surface area (Å²) in [7, 11) is 0. The van der Waals surface area contributed by atoms with Crippen molar-refractivity contribution in [3.63, 3.8) is 0 Å². The molecule has 0 aliphatic carbocycles. The number of hydrogen-bond donors (Lipinski definition) is 1. The second kappa shape index (κ2) is 18.6. The second-order valence-electron chi connectivity index (χ2n) is 4.89. The van der Waals surface area contributed by atoms with E-state index in [2.05, 4.69) is 19.2 Å². The number of rotatable bonds is 13. The van der Waals surface area contributed by atoms with E-state index >= 15 is 0 Å². The van der Waals surface area contributed by atoms with Crippen molar-refractivity contribution >= 4 is 12.4 Å². The van der Waals surface area contributed by atoms with Crippen LogP contribution in [0.15, 0.2) is 0 Å². The maximum absolute atomic E-state index is 3.38. The molecule has 0 aromatic carbocycles. The summed E-state index contributed by atoms with van der Waals surface area (Å²) in [5.41, 5.74) is 0. The summed E-state index contributed by atoms with van der Waals surface area (Å²) in [4.78, 5) is 0. The summed E-state index contributed by atoms with van der Waals surface area (Å²) in [5.74, 6) is 0. The van der Waals surface area contributed by atoms with Gasteiger partial charge in [-0.3, -0.25) is 0 Å². The van der Waals surface area contributed by atoms with Crippen LogP contribution in [-0.2, 0) is 0 Å². The summed E-state index contributed by atoms with van der Waals surface area (Å²) in [5, 5.41) is 3.38. The maximum Gasteiger partial charge on any atom is -0.00490 e. The van der Waals surface area contributed by atoms with Crippen molar-refractivity contribution in [2.75, 3.05) is 13.1 Å². The van der Waals surface area contributed by atoms with E-state index in [1.54, 1.807) is 0 Å². The molecule has 0 aliphatic heterocycles. The van der Waals surface area contributed by atoms with Crippen molar-refractivity contribution in [3.8, 4) is 0 Å². The Morgan fingerprint density at radius 1 is 0.588 bits per heavy atom. The van der Waals surface area contributed by atoms with Crippen LogP contribution in [0.25, 0.3) is 0 Å². The van der Waals surface area contributed by atoms with Crippen LogP contribution in [0.3, 0.4) is 0 Å². The predicted octanol–water partition coefficient (Wildman–Crippen LogP) is 5.33. The number of hydrogen-bond acceptors (Lipinski definition) is 1. The highest BCUT2D eigenvalue weighted by Crippen LogP contribution is 2.10. The fraction of sp³-hybridized carbons (Fsp3) is 1.00. The third-order valence-corrected chi connectivity index (χ3v) is 3.21. The van der Waals surface area contributed by atoms with E-state index in [0.29, 0.717) is 0 Å². The molecule has 2 heteroatoms. The lowest BCUT2D eigenvalue weighted by atomic mass is 10.1. The van der Waals surface area contributed by atoms with Gasteiger partial charge in [-0.1, -0.05) is 78.1 Å². The molecule has 0 unspecified atom stereocenters. The van der Waals surface area contributed by atoms with E-state index in [1.807, 2.05) is 0 Å². The molecule has 1 N–H and O–H groups in total. The molecular weight excluding hydrogens is 230 g/mol. The smallest absolute Gasteiger partial charge is 0.00490 e. The summed E-state index contributed by atoms with van der Waals surface area (Å²) in [6.07, 6.45) is 15.8. The fourth-order valence-electron chi connectivity index (χ4n) is 2.09. The minimum absolute atomic E-state index is 0. The number of unbranched alkanes of at least 4 members (excludes halogenated alkanes) is 10. The Balaban J connectivity index is 0. The Hall–Kier alpha value is 0.250. The van der Waals surface area contributed by atoms with Gasteiger partial charge in [-0.2, -0.15) is 0 Å². The topological polar surface area (TPSA) is 12.0 Å². The first-order chi connectivity index (χ1) is 7.91. The quantitative estimate of drug-likeness (QED) is 0.443. The lowest BCUT2D eigenvalue weighted by Gasteiger charge is -2.03. The Labute approximate surface area is 116 Å². The lowest BCUT2D eigenvalue weighted by molar-refractivity contribution is 0.542. The van der Waals surface area contributed by atoms with Gasteiger partial charge in [-0.15, -0.1) is 12.4 Å². The van der Waals surface area contributed by atoms with Gasteiger partial charge >= 0.3 is 0 Å². The number of nitrogens with one attached hydrogen (secondary N) is 1. The minimum atomic E-state index is 0. The van der Waals surface area contributed by atoms with Crippen LogP contribution in [-0.4, -0.2) is 13.1 Å². The zero-order chi connectivity index (χ0) is 11.9. The molecule has 0 atom stereocenters. The first-order valence-electron chi connectivity index (χ1n) is 7.62. The first kappa shape index (κ1) is 19.6. The molecule has 0 saturated heterocycles. The predicted molar refractivity (Wildman–Crippen MR) is 82.3 cm³/mol. The Morgan fingerprint density at radius 2 is 1.00 bits per heavy atom. The summed E-state index contributed by atoms with van der Waals surface area (Å²) < 4.78 is 0. The van der Waals surface area contributed by atoms with Gasteiger partial charge in [-0.05, 0) is 19.5 Å². The number of halogens is 1. The van der Waals surface area contributed by atoms with E-state index in [0.717, 1.165) is 6.54 Å². The van der Waals surface area contributed by atoms with Gasteiger partial charge in [0.15, 0.2) is 0 Å². The van der Waals surface area contributed by atoms with E-state index < -0.39 is 0 Å². The van der Waals surface area contributed by atoms with Gasteiger partial charge in [0.05, 0.1) is 0 Å². The summed E-state index contributed by atoms with van der Waals surface area (Å²) in [6.45, 7) is 6.80. The highest BCUT2D eigenvalue weighted by Gasteiger charge is 1.92. The van der Waals surface area contributed by atoms with E-state index in [1.165, 1.54) is 77.2 Å². The third-order valence-electron chi connectivity index (χ3n) is 3.21. The van der Waals surface area contributed by atoms with Gasteiger partial charge in [-0.25, -0.2) is 0 Å². The molecule has 0 saturated carbocycles. The second-order valence-corrected chi connectivity index (χ2v) is 4.89. The third kappa shape index (κ3) is 18.8. The molecule has 0 radical (unpaired) electrons. The first-order valence-corrected chi connectivity index (χ1v) is 7.62. The lowest BCUT2D eigenvalue weighted by Crippen LogP contribution is -2.13. The molecule has 0 aliphatic rings. The molecule has 106 valence electrons. The van der Waals surface area contributed by atoms with Crippen molar-refractivity contribution in [1.82, 2.24) is 5.32 Å². The molecular formula is C15H34ClN. The molecule has 0 aromatic heterocycles. The monoisotopic (exact) mass is 263 g/mol. The van der Waals surface area contributed by atoms with Crippen LogP contribution in [0.5, 0.6) is 0 Å². The van der Waals surface area contributed by atoms with Crippen LogP contribution < -0.4 is 5.32 Å². The van der Waals surface area contributed by atoms with Crippen molar-refractivity contribution in [2.45, 2.75) is 84.5 Å². The zero-order valence-corrected chi connectivity index (χ0v) is 12.9. The highest BCUT2D eigenvalue weighted by molar-refractivity contribution is 5.85. The average Bonchev–Trinajstić information content (AvgIpc) is 2.31. The summed E-state index contributed by atoms with van der Waals surface area (Å²) in [6, 6.07) is 0. The molecule has 1 nitrogen and oxygen atoms in total.